The largest absolute Gasteiger partial charge is 0.461 e. The number of ketones is 1. The zero-order chi connectivity index (χ0) is 20.3. The van der Waals surface area contributed by atoms with E-state index in [1.807, 2.05) is 7.05 Å². The van der Waals surface area contributed by atoms with Gasteiger partial charge in [-0.2, -0.15) is 5.26 Å². The van der Waals surface area contributed by atoms with Gasteiger partial charge in [0, 0.05) is 31.2 Å². The number of likely N-dealkylation sites (N-methyl/N-ethyl adjacent to an activating group) is 1. The van der Waals surface area contributed by atoms with Crippen molar-refractivity contribution in [3.05, 3.63) is 29.2 Å². The van der Waals surface area contributed by atoms with Crippen LogP contribution in [0.1, 0.15) is 28.9 Å². The lowest BCUT2D eigenvalue weighted by Gasteiger charge is -2.40. The number of rotatable bonds is 5. The molecule has 1 saturated heterocycles. The number of piperazine rings is 1. The molecule has 1 aromatic rings. The third-order valence-corrected chi connectivity index (χ3v) is 5.39. The number of anilines is 1. The highest BCUT2D eigenvalue weighted by molar-refractivity contribution is 6.28. The van der Waals surface area contributed by atoms with Crippen LogP contribution in [0.25, 0.3) is 0 Å². The Morgan fingerprint density at radius 1 is 1.46 bits per heavy atom. The maximum absolute atomic E-state index is 12.9. The maximum Gasteiger partial charge on any atom is 0.317 e. The first-order valence-electron chi connectivity index (χ1n) is 9.16. The molecule has 0 spiro atoms. The molecule has 2 atom stereocenters. The van der Waals surface area contributed by atoms with Crippen molar-refractivity contribution in [2.24, 2.45) is 5.92 Å². The van der Waals surface area contributed by atoms with E-state index in [1.54, 1.807) is 0 Å². The van der Waals surface area contributed by atoms with Gasteiger partial charge in [-0.1, -0.05) is 12.7 Å². The van der Waals surface area contributed by atoms with Crippen LogP contribution in [0.15, 0.2) is 12.7 Å². The van der Waals surface area contributed by atoms with Gasteiger partial charge < -0.3 is 9.64 Å². The fraction of sp³-hybridized carbons (Fsp3) is 0.526. The fourth-order valence-electron chi connectivity index (χ4n) is 3.66. The lowest BCUT2D eigenvalue weighted by atomic mass is 9.85. The normalized spacial score (nSPS) is 22.3. The molecule has 28 heavy (non-hydrogen) atoms. The number of fused-ring (bicyclic) bond motifs is 1. The number of hydrogen-bond donors (Lipinski definition) is 0. The van der Waals surface area contributed by atoms with Gasteiger partial charge in [-0.25, -0.2) is 9.97 Å². The Hall–Kier alpha value is -2.50. The van der Waals surface area contributed by atoms with Gasteiger partial charge in [-0.15, -0.1) is 0 Å². The van der Waals surface area contributed by atoms with Crippen LogP contribution in [0.4, 0.5) is 5.82 Å². The number of nitriles is 1. The maximum atomic E-state index is 12.9. The zero-order valence-corrected chi connectivity index (χ0v) is 16.5. The summed E-state index contributed by atoms with van der Waals surface area (Å²) in [4.78, 5) is 37.8. The third-order valence-electron chi connectivity index (χ3n) is 5.22. The van der Waals surface area contributed by atoms with E-state index in [0.29, 0.717) is 43.7 Å². The molecule has 9 heteroatoms. The number of halogens is 1. The lowest BCUT2D eigenvalue weighted by molar-refractivity contribution is -0.145. The standard InChI is InChI=1S/C19H22ClN5O3/c1-3-10-28-18(27)14-5-4-13-15(16(14)26)22-19(20)23-17(13)25-9-8-24(2)12(11-25)6-7-21/h3,12,14H,1,4-6,8-11H2,2H3. The number of aromatic nitrogens is 2. The summed E-state index contributed by atoms with van der Waals surface area (Å²) in [5, 5.41) is 9.04. The van der Waals surface area contributed by atoms with Crippen LogP contribution in [0.2, 0.25) is 5.28 Å². The average molecular weight is 404 g/mol. The summed E-state index contributed by atoms with van der Waals surface area (Å²) in [5.41, 5.74) is 0.903. The van der Waals surface area contributed by atoms with E-state index >= 15 is 0 Å². The Morgan fingerprint density at radius 2 is 2.25 bits per heavy atom. The Labute approximate surface area is 168 Å². The van der Waals surface area contributed by atoms with Crippen molar-refractivity contribution in [2.75, 3.05) is 38.2 Å². The SMILES string of the molecule is C=CCOC(=O)C1CCc2c(nc(Cl)nc2N2CCN(C)C(CC#N)C2)C1=O. The molecule has 0 amide bonds. The second-order valence-electron chi connectivity index (χ2n) is 6.96. The van der Waals surface area contributed by atoms with E-state index in [1.165, 1.54) is 6.08 Å². The molecule has 3 rings (SSSR count). The number of nitrogens with zero attached hydrogens (tertiary/aromatic N) is 5. The van der Waals surface area contributed by atoms with Gasteiger partial charge in [-0.05, 0) is 31.5 Å². The van der Waals surface area contributed by atoms with Crippen LogP contribution >= 0.6 is 11.6 Å². The Kier molecular flexibility index (Phi) is 6.27. The van der Waals surface area contributed by atoms with E-state index in [9.17, 15) is 9.59 Å². The van der Waals surface area contributed by atoms with Crippen molar-refractivity contribution < 1.29 is 14.3 Å². The quantitative estimate of drug-likeness (QED) is 0.316. The van der Waals surface area contributed by atoms with Crippen molar-refractivity contribution in [3.8, 4) is 6.07 Å². The molecule has 0 N–H and O–H groups in total. The first-order chi connectivity index (χ1) is 13.5. The van der Waals surface area contributed by atoms with Gasteiger partial charge in [0.15, 0.2) is 5.78 Å². The van der Waals surface area contributed by atoms with Gasteiger partial charge in [-0.3, -0.25) is 14.5 Å². The van der Waals surface area contributed by atoms with Gasteiger partial charge in [0.2, 0.25) is 5.28 Å². The molecule has 2 aliphatic rings. The summed E-state index contributed by atoms with van der Waals surface area (Å²) in [6, 6.07) is 2.29. The van der Waals surface area contributed by atoms with Crippen molar-refractivity contribution in [1.82, 2.24) is 14.9 Å². The van der Waals surface area contributed by atoms with Crippen LogP contribution < -0.4 is 4.90 Å². The molecule has 148 valence electrons. The third kappa shape index (κ3) is 4.01. The highest BCUT2D eigenvalue weighted by Gasteiger charge is 2.38. The Bertz CT molecular complexity index is 838. The summed E-state index contributed by atoms with van der Waals surface area (Å²) < 4.78 is 5.04. The molecule has 0 radical (unpaired) electrons. The minimum Gasteiger partial charge on any atom is -0.461 e. The number of esters is 1. The zero-order valence-electron chi connectivity index (χ0n) is 15.7. The average Bonchev–Trinajstić information content (AvgIpc) is 2.68. The van der Waals surface area contributed by atoms with Crippen LogP contribution in [0.5, 0.6) is 0 Å². The number of hydrogen-bond acceptors (Lipinski definition) is 8. The van der Waals surface area contributed by atoms with Crippen LogP contribution in [0.3, 0.4) is 0 Å². The molecule has 0 aromatic carbocycles. The first kappa shape index (κ1) is 20.2. The van der Waals surface area contributed by atoms with Crippen LogP contribution in [-0.2, 0) is 16.0 Å². The molecule has 0 bridgehead atoms. The van der Waals surface area contributed by atoms with Crippen molar-refractivity contribution >= 4 is 29.2 Å². The minimum absolute atomic E-state index is 0.0297. The molecule has 1 aromatic heterocycles. The van der Waals surface area contributed by atoms with E-state index in [-0.39, 0.29) is 29.4 Å². The minimum atomic E-state index is -0.884. The van der Waals surface area contributed by atoms with Crippen LogP contribution in [0, 0.1) is 17.2 Å². The number of ether oxygens (including phenoxy) is 1. The molecule has 1 fully saturated rings. The number of carbonyl (C=O) groups excluding carboxylic acids is 2. The highest BCUT2D eigenvalue weighted by Crippen LogP contribution is 2.33. The second-order valence-corrected chi connectivity index (χ2v) is 7.30. The van der Waals surface area contributed by atoms with Crippen molar-refractivity contribution in [1.29, 1.82) is 5.26 Å². The second kappa shape index (κ2) is 8.67. The summed E-state index contributed by atoms with van der Waals surface area (Å²) in [6.45, 7) is 5.66. The molecule has 8 nitrogen and oxygen atoms in total. The molecule has 2 heterocycles. The van der Waals surface area contributed by atoms with Gasteiger partial charge in [0.05, 0.1) is 12.5 Å². The summed E-state index contributed by atoms with van der Waals surface area (Å²) in [6.07, 6.45) is 2.69. The Morgan fingerprint density at radius 3 is 2.96 bits per heavy atom. The Balaban J connectivity index is 1.89. The van der Waals surface area contributed by atoms with Gasteiger partial charge in [0.1, 0.15) is 24.0 Å². The molecule has 2 unspecified atom stereocenters. The van der Waals surface area contributed by atoms with Gasteiger partial charge >= 0.3 is 5.97 Å². The van der Waals surface area contributed by atoms with Crippen molar-refractivity contribution in [3.63, 3.8) is 0 Å². The lowest BCUT2D eigenvalue weighted by Crippen LogP contribution is -2.52. The summed E-state index contributed by atoms with van der Waals surface area (Å²) >= 11 is 6.11. The molecular formula is C19H22ClN5O3. The van der Waals surface area contributed by atoms with Gasteiger partial charge in [0.25, 0.3) is 0 Å². The van der Waals surface area contributed by atoms with E-state index in [2.05, 4.69) is 32.4 Å². The van der Waals surface area contributed by atoms with E-state index < -0.39 is 11.9 Å². The summed E-state index contributed by atoms with van der Waals surface area (Å²) in [5.74, 6) is -1.22. The van der Waals surface area contributed by atoms with Crippen molar-refractivity contribution in [2.45, 2.75) is 25.3 Å². The highest BCUT2D eigenvalue weighted by atomic mass is 35.5. The summed E-state index contributed by atoms with van der Waals surface area (Å²) in [7, 11) is 1.99. The van der Waals surface area contributed by atoms with E-state index in [0.717, 1.165) is 6.54 Å². The predicted molar refractivity (Wildman–Crippen MR) is 103 cm³/mol. The molecule has 1 aliphatic heterocycles. The monoisotopic (exact) mass is 403 g/mol. The smallest absolute Gasteiger partial charge is 0.317 e. The fourth-order valence-corrected chi connectivity index (χ4v) is 3.82. The predicted octanol–water partition coefficient (Wildman–Crippen LogP) is 1.64. The van der Waals surface area contributed by atoms with E-state index in [4.69, 9.17) is 21.6 Å². The van der Waals surface area contributed by atoms with Crippen LogP contribution in [-0.4, -0.2) is 66.0 Å². The molecular weight excluding hydrogens is 382 g/mol. The number of Topliss-reactive ketones (excluding diaryl/α,β-unsaturated/α-hetero) is 1. The molecule has 0 saturated carbocycles. The molecule has 1 aliphatic carbocycles. The number of carbonyl (C=O) groups is 2. The topological polar surface area (TPSA) is 99.4 Å². The first-order valence-corrected chi connectivity index (χ1v) is 9.54.